The molecule has 0 unspecified atom stereocenters. The summed E-state index contributed by atoms with van der Waals surface area (Å²) in [6.07, 6.45) is 3.48. The van der Waals surface area contributed by atoms with Crippen LogP contribution in [0.2, 0.25) is 0 Å². The van der Waals surface area contributed by atoms with Gasteiger partial charge in [-0.1, -0.05) is 24.3 Å². The second-order valence-electron chi connectivity index (χ2n) is 6.75. The molecule has 1 aliphatic heterocycles. The number of para-hydroxylation sites is 1. The largest absolute Gasteiger partial charge is 0.486 e. The number of nitrogens with one attached hydrogen (secondary N) is 1. The molecule has 3 heterocycles. The molecule has 1 N–H and O–H groups in total. The van der Waals surface area contributed by atoms with E-state index in [0.29, 0.717) is 23.8 Å². The van der Waals surface area contributed by atoms with Crippen molar-refractivity contribution in [1.82, 2.24) is 15.2 Å². The third kappa shape index (κ3) is 4.06. The van der Waals surface area contributed by atoms with Crippen LogP contribution in [-0.2, 0) is 0 Å². The summed E-state index contributed by atoms with van der Waals surface area (Å²) in [6.45, 7) is 1.05. The van der Waals surface area contributed by atoms with Crippen LogP contribution in [-0.4, -0.2) is 35.1 Å². The van der Waals surface area contributed by atoms with Gasteiger partial charge in [-0.25, -0.2) is 10.1 Å². The van der Waals surface area contributed by atoms with Crippen LogP contribution in [0.3, 0.4) is 0 Å². The zero-order valence-electron chi connectivity index (χ0n) is 16.4. The second-order valence-corrected chi connectivity index (χ2v) is 7.70. The molecule has 31 heavy (non-hydrogen) atoms. The Kier molecular flexibility index (Phi) is 5.20. The Morgan fingerprint density at radius 3 is 2.71 bits per heavy atom. The zero-order chi connectivity index (χ0) is 21.0. The Morgan fingerprint density at radius 1 is 1.06 bits per heavy atom. The smallest absolute Gasteiger partial charge is 0.281 e. The van der Waals surface area contributed by atoms with Gasteiger partial charge in [0.25, 0.3) is 5.91 Å². The molecule has 154 valence electrons. The number of hydrazone groups is 1. The third-order valence-electron chi connectivity index (χ3n) is 4.69. The van der Waals surface area contributed by atoms with Gasteiger partial charge in [0.15, 0.2) is 11.5 Å². The topological polar surface area (TPSA) is 77.7 Å². The van der Waals surface area contributed by atoms with Crippen LogP contribution < -0.4 is 14.9 Å². The van der Waals surface area contributed by atoms with E-state index in [2.05, 4.69) is 10.5 Å². The Hall–Kier alpha value is -3.91. The number of benzene rings is 2. The molecular weight excluding hydrogens is 412 g/mol. The maximum Gasteiger partial charge on any atom is 0.281 e. The van der Waals surface area contributed by atoms with Crippen molar-refractivity contribution in [2.24, 2.45) is 5.10 Å². The molecule has 0 atom stereocenters. The molecule has 2 aromatic carbocycles. The van der Waals surface area contributed by atoms with Crippen molar-refractivity contribution in [2.75, 3.05) is 13.2 Å². The summed E-state index contributed by atoms with van der Waals surface area (Å²) in [4.78, 5) is 12.8. The zero-order valence-corrected chi connectivity index (χ0v) is 17.2. The van der Waals surface area contributed by atoms with Crippen molar-refractivity contribution in [1.29, 1.82) is 0 Å². The standard InChI is InChI=1S/C23H18N4O3S/c28-23(21-7-4-12-31-21)25-24-14-17-15-27(18-5-2-1-3-6-18)26-22(17)16-8-9-19-20(13-16)30-11-10-29-19/h1-9,12-15H,10-11H2,(H,25,28). The minimum Gasteiger partial charge on any atom is -0.486 e. The van der Waals surface area contributed by atoms with E-state index in [1.807, 2.05) is 66.2 Å². The lowest BCUT2D eigenvalue weighted by Crippen LogP contribution is -2.16. The first-order valence-corrected chi connectivity index (χ1v) is 10.6. The Balaban J connectivity index is 1.49. The molecule has 8 heteroatoms. The maximum absolute atomic E-state index is 12.2. The molecule has 0 saturated carbocycles. The summed E-state index contributed by atoms with van der Waals surface area (Å²) in [7, 11) is 0. The van der Waals surface area contributed by atoms with Crippen molar-refractivity contribution in [3.8, 4) is 28.4 Å². The number of amides is 1. The number of carbonyl (C=O) groups is 1. The van der Waals surface area contributed by atoms with E-state index in [1.165, 1.54) is 11.3 Å². The SMILES string of the molecule is O=C(NN=Cc1cn(-c2ccccc2)nc1-c1ccc2c(c1)OCCO2)c1cccs1. The van der Waals surface area contributed by atoms with Crippen molar-refractivity contribution in [3.05, 3.63) is 82.7 Å². The molecular formula is C23H18N4O3S. The highest BCUT2D eigenvalue weighted by atomic mass is 32.1. The van der Waals surface area contributed by atoms with E-state index in [0.717, 1.165) is 28.3 Å². The van der Waals surface area contributed by atoms with Crippen molar-refractivity contribution in [3.63, 3.8) is 0 Å². The number of ether oxygens (including phenoxy) is 2. The van der Waals surface area contributed by atoms with E-state index in [-0.39, 0.29) is 5.91 Å². The van der Waals surface area contributed by atoms with E-state index in [4.69, 9.17) is 14.6 Å². The van der Waals surface area contributed by atoms with Gasteiger partial charge in [0.1, 0.15) is 18.9 Å². The highest BCUT2D eigenvalue weighted by Crippen LogP contribution is 2.35. The Labute approximate surface area is 182 Å². The van der Waals surface area contributed by atoms with Crippen LogP contribution in [0.4, 0.5) is 0 Å². The molecule has 0 saturated heterocycles. The lowest BCUT2D eigenvalue weighted by Gasteiger charge is -2.18. The van der Waals surface area contributed by atoms with Gasteiger partial charge in [0.2, 0.25) is 0 Å². The van der Waals surface area contributed by atoms with E-state index < -0.39 is 0 Å². The summed E-state index contributed by atoms with van der Waals surface area (Å²) < 4.78 is 13.1. The normalized spacial score (nSPS) is 12.8. The monoisotopic (exact) mass is 430 g/mol. The molecule has 1 amide bonds. The number of aromatic nitrogens is 2. The average molecular weight is 430 g/mol. The summed E-state index contributed by atoms with van der Waals surface area (Å²) >= 11 is 1.36. The van der Waals surface area contributed by atoms with Gasteiger partial charge in [-0.15, -0.1) is 11.3 Å². The van der Waals surface area contributed by atoms with Gasteiger partial charge in [-0.2, -0.15) is 10.2 Å². The van der Waals surface area contributed by atoms with Gasteiger partial charge in [-0.05, 0) is 41.8 Å². The predicted molar refractivity (Wildman–Crippen MR) is 119 cm³/mol. The summed E-state index contributed by atoms with van der Waals surface area (Å²) in [5.74, 6) is 1.16. The molecule has 0 aliphatic carbocycles. The first-order valence-electron chi connectivity index (χ1n) is 9.70. The number of rotatable bonds is 5. The van der Waals surface area contributed by atoms with Crippen LogP contribution in [0, 0.1) is 0 Å². The summed E-state index contributed by atoms with van der Waals surface area (Å²) in [5, 5.41) is 10.8. The fraction of sp³-hybridized carbons (Fsp3) is 0.0870. The van der Waals surface area contributed by atoms with Crippen LogP contribution in [0.15, 0.2) is 77.3 Å². The molecule has 0 fully saturated rings. The number of thiophene rings is 1. The fourth-order valence-corrected chi connectivity index (χ4v) is 3.85. The Bertz CT molecular complexity index is 1230. The summed E-state index contributed by atoms with van der Waals surface area (Å²) in [6, 6.07) is 19.1. The number of fused-ring (bicyclic) bond motifs is 1. The second kappa shape index (κ2) is 8.45. The molecule has 5 rings (SSSR count). The molecule has 1 aliphatic rings. The minimum absolute atomic E-state index is 0.248. The average Bonchev–Trinajstić information content (AvgIpc) is 3.50. The number of hydrogen-bond donors (Lipinski definition) is 1. The molecule has 2 aromatic heterocycles. The molecule has 4 aromatic rings. The molecule has 0 radical (unpaired) electrons. The maximum atomic E-state index is 12.2. The van der Waals surface area contributed by atoms with Crippen LogP contribution in [0.25, 0.3) is 16.9 Å². The van der Waals surface area contributed by atoms with Crippen molar-refractivity contribution < 1.29 is 14.3 Å². The third-order valence-corrected chi connectivity index (χ3v) is 5.56. The fourth-order valence-electron chi connectivity index (χ4n) is 3.23. The van der Waals surface area contributed by atoms with Gasteiger partial charge >= 0.3 is 0 Å². The lowest BCUT2D eigenvalue weighted by atomic mass is 10.1. The number of hydrogen-bond acceptors (Lipinski definition) is 6. The van der Waals surface area contributed by atoms with Gasteiger partial charge in [0.05, 0.1) is 16.8 Å². The molecule has 0 bridgehead atoms. The highest BCUT2D eigenvalue weighted by molar-refractivity contribution is 7.12. The Morgan fingerprint density at radius 2 is 1.90 bits per heavy atom. The number of carbonyl (C=O) groups excluding carboxylic acids is 1. The van der Waals surface area contributed by atoms with Crippen molar-refractivity contribution >= 4 is 23.5 Å². The first kappa shape index (κ1) is 19.1. The van der Waals surface area contributed by atoms with Crippen LogP contribution >= 0.6 is 11.3 Å². The van der Waals surface area contributed by atoms with Gasteiger partial charge < -0.3 is 9.47 Å². The minimum atomic E-state index is -0.248. The van der Waals surface area contributed by atoms with E-state index in [9.17, 15) is 4.79 Å². The van der Waals surface area contributed by atoms with Gasteiger partial charge in [0, 0.05) is 17.3 Å². The predicted octanol–water partition coefficient (Wildman–Crippen LogP) is 4.14. The quantitative estimate of drug-likeness (QED) is 0.381. The highest BCUT2D eigenvalue weighted by Gasteiger charge is 2.16. The molecule has 7 nitrogen and oxygen atoms in total. The van der Waals surface area contributed by atoms with Gasteiger partial charge in [-0.3, -0.25) is 4.79 Å². The lowest BCUT2D eigenvalue weighted by molar-refractivity contribution is 0.0959. The molecule has 0 spiro atoms. The first-order chi connectivity index (χ1) is 15.3. The number of nitrogens with zero attached hydrogens (tertiary/aromatic N) is 3. The van der Waals surface area contributed by atoms with Crippen LogP contribution in [0.1, 0.15) is 15.2 Å². The van der Waals surface area contributed by atoms with E-state index in [1.54, 1.807) is 17.0 Å². The van der Waals surface area contributed by atoms with Crippen molar-refractivity contribution in [2.45, 2.75) is 0 Å². The summed E-state index contributed by atoms with van der Waals surface area (Å²) in [5.41, 5.74) is 5.83. The van der Waals surface area contributed by atoms with E-state index >= 15 is 0 Å². The van der Waals surface area contributed by atoms with Crippen LogP contribution in [0.5, 0.6) is 11.5 Å².